The standard InChI is InChI=1S/C27H29N5O4/c1-17-29-23(31-36-17)22-15-19-7-5-6-8-21(19)32(22)20-11-9-18(10-12-20)16-28-24(33)27(13-14-27)30-25(34)35-26(2,3)4/h5-12,15H,13-14,16H2,1-4H3,(H,28,33)(H,30,34). The highest BCUT2D eigenvalue weighted by molar-refractivity contribution is 5.93. The zero-order chi connectivity index (χ0) is 25.5. The molecule has 0 atom stereocenters. The monoisotopic (exact) mass is 487 g/mol. The van der Waals surface area contributed by atoms with Crippen LogP contribution in [-0.4, -0.2) is 37.8 Å². The van der Waals surface area contributed by atoms with Gasteiger partial charge in [-0.15, -0.1) is 0 Å². The summed E-state index contributed by atoms with van der Waals surface area (Å²) in [6, 6.07) is 18.1. The number of benzene rings is 2. The van der Waals surface area contributed by atoms with Gasteiger partial charge < -0.3 is 24.5 Å². The van der Waals surface area contributed by atoms with Gasteiger partial charge in [-0.25, -0.2) is 4.79 Å². The molecule has 2 aromatic heterocycles. The molecule has 0 radical (unpaired) electrons. The molecule has 1 aliphatic carbocycles. The van der Waals surface area contributed by atoms with Crippen molar-refractivity contribution in [2.24, 2.45) is 0 Å². The van der Waals surface area contributed by atoms with E-state index in [1.165, 1.54) is 0 Å². The van der Waals surface area contributed by atoms with Crippen molar-refractivity contribution in [3.63, 3.8) is 0 Å². The summed E-state index contributed by atoms with van der Waals surface area (Å²) < 4.78 is 12.6. The van der Waals surface area contributed by atoms with Crippen molar-refractivity contribution in [2.75, 3.05) is 0 Å². The van der Waals surface area contributed by atoms with E-state index in [0.29, 0.717) is 31.1 Å². The Morgan fingerprint density at radius 3 is 2.47 bits per heavy atom. The van der Waals surface area contributed by atoms with E-state index in [1.807, 2.05) is 54.6 Å². The maximum absolute atomic E-state index is 12.8. The van der Waals surface area contributed by atoms with E-state index in [0.717, 1.165) is 27.8 Å². The van der Waals surface area contributed by atoms with Crippen molar-refractivity contribution in [2.45, 2.75) is 58.2 Å². The lowest BCUT2D eigenvalue weighted by atomic mass is 10.1. The van der Waals surface area contributed by atoms with Crippen LogP contribution in [0.3, 0.4) is 0 Å². The fraction of sp³-hybridized carbons (Fsp3) is 0.333. The lowest BCUT2D eigenvalue weighted by Crippen LogP contribution is -2.50. The first kappa shape index (κ1) is 23.6. The van der Waals surface area contributed by atoms with Crippen LogP contribution in [0.2, 0.25) is 0 Å². The second-order valence-corrected chi connectivity index (χ2v) is 10.1. The highest BCUT2D eigenvalue weighted by Crippen LogP contribution is 2.36. The molecule has 0 aliphatic heterocycles. The molecular weight excluding hydrogens is 458 g/mol. The molecule has 2 amide bonds. The summed E-state index contributed by atoms with van der Waals surface area (Å²) in [6.07, 6.45) is 0.609. The third-order valence-electron chi connectivity index (χ3n) is 6.04. The van der Waals surface area contributed by atoms with Gasteiger partial charge in [0.2, 0.25) is 17.6 Å². The minimum atomic E-state index is -0.885. The molecule has 9 heteroatoms. The number of amides is 2. The maximum Gasteiger partial charge on any atom is 0.408 e. The van der Waals surface area contributed by atoms with Crippen molar-refractivity contribution in [3.05, 3.63) is 66.1 Å². The number of hydrogen-bond acceptors (Lipinski definition) is 6. The van der Waals surface area contributed by atoms with E-state index < -0.39 is 17.2 Å². The zero-order valence-corrected chi connectivity index (χ0v) is 20.8. The first-order valence-corrected chi connectivity index (χ1v) is 11.9. The first-order valence-electron chi connectivity index (χ1n) is 11.9. The third kappa shape index (κ3) is 4.82. The summed E-state index contributed by atoms with van der Waals surface area (Å²) >= 11 is 0. The van der Waals surface area contributed by atoms with Gasteiger partial charge >= 0.3 is 6.09 Å². The van der Waals surface area contributed by atoms with E-state index in [4.69, 9.17) is 9.26 Å². The summed E-state index contributed by atoms with van der Waals surface area (Å²) in [5, 5.41) is 10.9. The molecular formula is C27H29N5O4. The third-order valence-corrected chi connectivity index (χ3v) is 6.04. The van der Waals surface area contributed by atoms with Crippen molar-refractivity contribution < 1.29 is 18.8 Å². The Morgan fingerprint density at radius 2 is 1.83 bits per heavy atom. The molecule has 5 rings (SSSR count). The number of hydrogen-bond donors (Lipinski definition) is 2. The van der Waals surface area contributed by atoms with E-state index in [1.54, 1.807) is 27.7 Å². The lowest BCUT2D eigenvalue weighted by molar-refractivity contribution is -0.124. The van der Waals surface area contributed by atoms with Gasteiger partial charge in [0, 0.05) is 24.5 Å². The van der Waals surface area contributed by atoms with Gasteiger partial charge in [-0.2, -0.15) is 4.98 Å². The predicted molar refractivity (Wildman–Crippen MR) is 134 cm³/mol. The zero-order valence-electron chi connectivity index (χ0n) is 20.8. The number of nitrogens with zero attached hydrogens (tertiary/aromatic N) is 3. The molecule has 0 saturated heterocycles. The van der Waals surface area contributed by atoms with Crippen LogP contribution >= 0.6 is 0 Å². The predicted octanol–water partition coefficient (Wildman–Crippen LogP) is 4.66. The summed E-state index contributed by atoms with van der Waals surface area (Å²) in [5.74, 6) is 0.818. The second kappa shape index (κ2) is 8.82. The Morgan fingerprint density at radius 1 is 1.11 bits per heavy atom. The molecule has 1 saturated carbocycles. The number of rotatable bonds is 6. The minimum absolute atomic E-state index is 0.205. The van der Waals surface area contributed by atoms with Crippen molar-refractivity contribution in [1.82, 2.24) is 25.3 Å². The largest absolute Gasteiger partial charge is 0.444 e. The van der Waals surface area contributed by atoms with Gasteiger partial charge in [0.15, 0.2) is 0 Å². The quantitative estimate of drug-likeness (QED) is 0.409. The van der Waals surface area contributed by atoms with Crippen molar-refractivity contribution in [1.29, 1.82) is 0 Å². The van der Waals surface area contributed by atoms with Gasteiger partial charge in [-0.3, -0.25) is 4.79 Å². The van der Waals surface area contributed by atoms with E-state index in [-0.39, 0.29) is 5.91 Å². The van der Waals surface area contributed by atoms with E-state index in [2.05, 4.69) is 25.3 Å². The molecule has 0 unspecified atom stereocenters. The molecule has 1 fully saturated rings. The number of carbonyl (C=O) groups is 2. The average molecular weight is 488 g/mol. The second-order valence-electron chi connectivity index (χ2n) is 10.1. The van der Waals surface area contributed by atoms with Crippen LogP contribution in [0.4, 0.5) is 4.79 Å². The Kier molecular flexibility index (Phi) is 5.78. The van der Waals surface area contributed by atoms with Gasteiger partial charge in [0.25, 0.3) is 0 Å². The number of alkyl carbamates (subject to hydrolysis) is 1. The first-order chi connectivity index (χ1) is 17.1. The molecule has 36 heavy (non-hydrogen) atoms. The number of fused-ring (bicyclic) bond motifs is 1. The fourth-order valence-electron chi connectivity index (χ4n) is 4.15. The van der Waals surface area contributed by atoms with Crippen LogP contribution in [0.1, 0.15) is 45.1 Å². The van der Waals surface area contributed by atoms with Gasteiger partial charge in [0.1, 0.15) is 11.1 Å². The normalized spacial score (nSPS) is 14.4. The summed E-state index contributed by atoms with van der Waals surface area (Å²) in [6.45, 7) is 7.48. The Balaban J connectivity index is 1.31. The fourth-order valence-corrected chi connectivity index (χ4v) is 4.15. The number of carbonyl (C=O) groups excluding carboxylic acids is 2. The Hall–Kier alpha value is -4.14. The maximum atomic E-state index is 12.8. The van der Waals surface area contributed by atoms with Crippen LogP contribution in [-0.2, 0) is 16.1 Å². The molecule has 9 nitrogen and oxygen atoms in total. The number of aryl methyl sites for hydroxylation is 1. The average Bonchev–Trinajstić information content (AvgIpc) is 3.30. The molecule has 186 valence electrons. The summed E-state index contributed by atoms with van der Waals surface area (Å²) in [4.78, 5) is 29.3. The van der Waals surface area contributed by atoms with Crippen molar-refractivity contribution in [3.8, 4) is 17.2 Å². The number of aromatic nitrogens is 3. The highest BCUT2D eigenvalue weighted by Gasteiger charge is 2.51. The Labute approximate surface area is 208 Å². The summed E-state index contributed by atoms with van der Waals surface area (Å²) in [5.41, 5.74) is 2.23. The molecule has 0 spiro atoms. The van der Waals surface area contributed by atoms with Crippen LogP contribution < -0.4 is 10.6 Å². The van der Waals surface area contributed by atoms with E-state index in [9.17, 15) is 9.59 Å². The highest BCUT2D eigenvalue weighted by atomic mass is 16.6. The molecule has 0 bridgehead atoms. The molecule has 1 aliphatic rings. The van der Waals surface area contributed by atoms with Crippen LogP contribution in [0, 0.1) is 6.92 Å². The number of nitrogens with one attached hydrogen (secondary N) is 2. The Bertz CT molecular complexity index is 1420. The van der Waals surface area contributed by atoms with Gasteiger partial charge in [-0.05, 0) is 63.4 Å². The summed E-state index contributed by atoms with van der Waals surface area (Å²) in [7, 11) is 0. The van der Waals surface area contributed by atoms with Crippen LogP contribution in [0.5, 0.6) is 0 Å². The lowest BCUT2D eigenvalue weighted by Gasteiger charge is -2.23. The molecule has 2 aromatic carbocycles. The molecule has 2 heterocycles. The molecule has 4 aromatic rings. The van der Waals surface area contributed by atoms with Crippen LogP contribution in [0.25, 0.3) is 28.1 Å². The van der Waals surface area contributed by atoms with Gasteiger partial charge in [-0.1, -0.05) is 35.5 Å². The van der Waals surface area contributed by atoms with Crippen molar-refractivity contribution >= 4 is 22.9 Å². The topological polar surface area (TPSA) is 111 Å². The number of para-hydroxylation sites is 1. The van der Waals surface area contributed by atoms with Crippen LogP contribution in [0.15, 0.2) is 59.1 Å². The van der Waals surface area contributed by atoms with E-state index >= 15 is 0 Å². The smallest absolute Gasteiger partial charge is 0.408 e. The molecule has 2 N–H and O–H groups in total. The number of ether oxygens (including phenoxy) is 1. The minimum Gasteiger partial charge on any atom is -0.444 e. The van der Waals surface area contributed by atoms with Gasteiger partial charge in [0.05, 0.1) is 11.2 Å². The SMILES string of the molecule is Cc1nc(-c2cc3ccccc3n2-c2ccc(CNC(=O)C3(NC(=O)OC(C)(C)C)CC3)cc2)no1.